The van der Waals surface area contributed by atoms with Crippen LogP contribution in [0.4, 0.5) is 34.1 Å². The Morgan fingerprint density at radius 3 is 1.20 bits per heavy atom. The minimum Gasteiger partial charge on any atom is -0.508 e. The first-order chi connectivity index (χ1) is 29.6. The molecule has 0 fully saturated rings. The van der Waals surface area contributed by atoms with Crippen LogP contribution in [0.1, 0.15) is 5.56 Å². The van der Waals surface area contributed by atoms with E-state index < -0.39 is 4.92 Å². The number of phenolic OH excluding ortho intramolecular Hbond substituents is 2. The van der Waals surface area contributed by atoms with Crippen LogP contribution in [0.25, 0.3) is 46.5 Å². The Labute approximate surface area is 350 Å². The summed E-state index contributed by atoms with van der Waals surface area (Å²) in [5.74, 6) is 2.73. The average molecular weight is 798 g/mol. The van der Waals surface area contributed by atoms with Crippen LogP contribution in [0.5, 0.6) is 34.5 Å². The summed E-state index contributed by atoms with van der Waals surface area (Å²) in [5.41, 5.74) is 5.13. The minimum absolute atomic E-state index is 0.0178. The highest BCUT2D eigenvalue weighted by molar-refractivity contribution is 5.74. The number of hydrogen-bond acceptors (Lipinski definition) is 7. The van der Waals surface area contributed by atoms with Gasteiger partial charge in [-0.15, -0.1) is 0 Å². The summed E-state index contributed by atoms with van der Waals surface area (Å²) in [4.78, 5) is 25.8. The SMILES string of the molecule is Oc1ccc(-c2ccc(O)cc2)cc1.[C-]#[N+]c1cc(Oc2ccc(-c3ccc(Oc4ccc([N+]#[C-])c([N+]#[C-])c4)cc3)cc2)ccc1C#N.[C-]#[N+]c1ccc([N+](=O)[O-])cc1[N+]#[C-]. The summed E-state index contributed by atoms with van der Waals surface area (Å²) >= 11 is 0. The van der Waals surface area contributed by atoms with Crippen molar-refractivity contribution in [3.05, 3.63) is 224 Å². The van der Waals surface area contributed by atoms with E-state index in [1.807, 2.05) is 78.9 Å². The zero-order chi connectivity index (χ0) is 43.7. The summed E-state index contributed by atoms with van der Waals surface area (Å²) < 4.78 is 11.6. The Morgan fingerprint density at radius 2 is 0.803 bits per heavy atom. The van der Waals surface area contributed by atoms with Crippen LogP contribution in [-0.2, 0) is 0 Å². The van der Waals surface area contributed by atoms with Crippen LogP contribution in [-0.4, -0.2) is 15.1 Å². The van der Waals surface area contributed by atoms with Crippen molar-refractivity contribution >= 4 is 34.1 Å². The van der Waals surface area contributed by atoms with Gasteiger partial charge in [0.15, 0.2) is 17.1 Å². The first-order valence-corrected chi connectivity index (χ1v) is 17.6. The normalized spacial score (nSPS) is 9.48. The second kappa shape index (κ2) is 20.3. The van der Waals surface area contributed by atoms with Gasteiger partial charge in [-0.3, -0.25) is 19.8 Å². The van der Waals surface area contributed by atoms with Gasteiger partial charge in [0.2, 0.25) is 11.4 Å². The van der Waals surface area contributed by atoms with Crippen LogP contribution in [0.3, 0.4) is 0 Å². The molecular weight excluding hydrogens is 771 g/mol. The van der Waals surface area contributed by atoms with Gasteiger partial charge in [-0.2, -0.15) is 5.26 Å². The molecule has 13 nitrogen and oxygen atoms in total. The van der Waals surface area contributed by atoms with E-state index in [1.54, 1.807) is 60.7 Å². The number of phenols is 2. The van der Waals surface area contributed by atoms with Gasteiger partial charge >= 0.3 is 0 Å². The van der Waals surface area contributed by atoms with E-state index in [1.165, 1.54) is 12.1 Å². The third-order valence-corrected chi connectivity index (χ3v) is 8.39. The molecule has 7 rings (SSSR count). The molecule has 0 bridgehead atoms. The standard InChI is InChI=1S/C28H14N4O2.C12H10O2.C8H3N3O2/c1-30-26-15-14-25(17-28(26)32-3)34-23-11-6-20(7-12-23)19-4-9-22(10-5-19)33-24-13-8-21(18-29)27(16-24)31-2;13-11-5-1-9(2-6-11)10-3-7-12(14)8-4-10;1-9-7-4-3-6(11(12)13)5-8(7)10-2/h4-17H;1-8,13-14H;3-5H. The van der Waals surface area contributed by atoms with Crippen LogP contribution in [0, 0.1) is 54.3 Å². The van der Waals surface area contributed by atoms with E-state index in [0.29, 0.717) is 34.2 Å². The Hall–Kier alpha value is -9.92. The molecule has 0 spiro atoms. The molecule has 13 heteroatoms. The third-order valence-electron chi connectivity index (χ3n) is 8.39. The van der Waals surface area contributed by atoms with Gasteiger partial charge in [0.1, 0.15) is 34.5 Å². The van der Waals surface area contributed by atoms with Crippen LogP contribution >= 0.6 is 0 Å². The quantitative estimate of drug-likeness (QED) is 0.0926. The molecule has 0 radical (unpaired) electrons. The number of nitro benzene ring substituents is 1. The Balaban J connectivity index is 0.000000212. The molecule has 0 aliphatic heterocycles. The molecule has 290 valence electrons. The highest BCUT2D eigenvalue weighted by Crippen LogP contribution is 2.36. The predicted molar refractivity (Wildman–Crippen MR) is 229 cm³/mol. The lowest BCUT2D eigenvalue weighted by atomic mass is 10.1. The zero-order valence-electron chi connectivity index (χ0n) is 31.6. The zero-order valence-corrected chi connectivity index (χ0v) is 31.6. The van der Waals surface area contributed by atoms with Crippen LogP contribution < -0.4 is 9.47 Å². The van der Waals surface area contributed by atoms with Crippen molar-refractivity contribution in [1.82, 2.24) is 0 Å². The summed E-state index contributed by atoms with van der Waals surface area (Å²) in [6.45, 7) is 34.8. The molecule has 0 aliphatic rings. The third kappa shape index (κ3) is 11.3. The molecule has 0 heterocycles. The largest absolute Gasteiger partial charge is 0.508 e. The number of rotatable bonds is 7. The van der Waals surface area contributed by atoms with Gasteiger partial charge in [-0.25, -0.2) is 14.5 Å². The topological polar surface area (TPSA) is 148 Å². The van der Waals surface area contributed by atoms with Crippen molar-refractivity contribution in [2.45, 2.75) is 0 Å². The van der Waals surface area contributed by atoms with E-state index in [4.69, 9.17) is 57.8 Å². The second-order valence-corrected chi connectivity index (χ2v) is 12.3. The second-order valence-electron chi connectivity index (χ2n) is 12.3. The average Bonchev–Trinajstić information content (AvgIpc) is 3.30. The van der Waals surface area contributed by atoms with Gasteiger partial charge in [0.25, 0.3) is 5.69 Å². The fourth-order valence-electron chi connectivity index (χ4n) is 5.33. The van der Waals surface area contributed by atoms with Crippen molar-refractivity contribution < 1.29 is 24.6 Å². The highest BCUT2D eigenvalue weighted by atomic mass is 16.6. The Morgan fingerprint density at radius 1 is 0.459 bits per heavy atom. The number of hydrogen-bond donors (Lipinski definition) is 2. The van der Waals surface area contributed by atoms with Gasteiger partial charge in [0, 0.05) is 12.1 Å². The van der Waals surface area contributed by atoms with Gasteiger partial charge in [0.05, 0.1) is 49.4 Å². The number of benzene rings is 7. The smallest absolute Gasteiger partial charge is 0.256 e. The van der Waals surface area contributed by atoms with Gasteiger partial charge < -0.3 is 19.7 Å². The maximum Gasteiger partial charge on any atom is 0.256 e. The molecule has 0 unspecified atom stereocenters. The molecule has 61 heavy (non-hydrogen) atoms. The molecule has 7 aromatic rings. The molecule has 7 aromatic carbocycles. The lowest BCUT2D eigenvalue weighted by molar-refractivity contribution is -0.384. The van der Waals surface area contributed by atoms with E-state index in [2.05, 4.69) is 24.2 Å². The van der Waals surface area contributed by atoms with Crippen LogP contribution in [0.15, 0.2) is 152 Å². The predicted octanol–water partition coefficient (Wildman–Crippen LogP) is 13.9. The lowest BCUT2D eigenvalue weighted by Gasteiger charge is -2.10. The van der Waals surface area contributed by atoms with Crippen LogP contribution in [0.2, 0.25) is 0 Å². The molecule has 0 atom stereocenters. The number of nitrogens with zero attached hydrogens (tertiary/aromatic N) is 7. The number of non-ortho nitro benzene ring substituents is 1. The summed E-state index contributed by atoms with van der Waals surface area (Å²) in [5, 5.41) is 37.5. The van der Waals surface area contributed by atoms with Crippen molar-refractivity contribution in [3.63, 3.8) is 0 Å². The number of nitriles is 1. The number of aromatic hydroxyl groups is 2. The molecule has 0 aliphatic carbocycles. The Kier molecular flexibility index (Phi) is 14.1. The van der Waals surface area contributed by atoms with Crippen molar-refractivity contribution in [2.24, 2.45) is 0 Å². The summed E-state index contributed by atoms with van der Waals surface area (Å²) in [6.07, 6.45) is 0. The molecule has 0 saturated carbocycles. The highest BCUT2D eigenvalue weighted by Gasteiger charge is 2.11. The maximum atomic E-state index is 10.3. The van der Waals surface area contributed by atoms with Crippen molar-refractivity contribution in [3.8, 4) is 62.8 Å². The minimum atomic E-state index is -0.595. The number of nitro groups is 1. The first kappa shape index (κ1) is 42.2. The fraction of sp³-hybridized carbons (Fsp3) is 0. The van der Waals surface area contributed by atoms with Gasteiger partial charge in [-0.1, -0.05) is 66.7 Å². The lowest BCUT2D eigenvalue weighted by Crippen LogP contribution is -1.86. The van der Waals surface area contributed by atoms with E-state index >= 15 is 0 Å². The van der Waals surface area contributed by atoms with Gasteiger partial charge in [-0.05, 0) is 95.1 Å². The van der Waals surface area contributed by atoms with E-state index in [0.717, 1.165) is 28.3 Å². The summed E-state index contributed by atoms with van der Waals surface area (Å²) in [7, 11) is 0. The van der Waals surface area contributed by atoms with E-state index in [-0.39, 0.29) is 39.9 Å². The monoisotopic (exact) mass is 797 g/mol. The molecular formula is C48H27N7O6. The molecule has 0 amide bonds. The molecule has 2 N–H and O–H groups in total. The maximum absolute atomic E-state index is 10.3. The number of ether oxygens (including phenoxy) is 2. The molecule has 0 saturated heterocycles. The first-order valence-electron chi connectivity index (χ1n) is 17.6. The summed E-state index contributed by atoms with van der Waals surface area (Å²) in [6, 6.07) is 44.1. The fourth-order valence-corrected chi connectivity index (χ4v) is 5.33. The Bertz CT molecular complexity index is 2800. The van der Waals surface area contributed by atoms with Crippen molar-refractivity contribution in [2.75, 3.05) is 0 Å². The molecule has 0 aromatic heterocycles. The van der Waals surface area contributed by atoms with Crippen molar-refractivity contribution in [1.29, 1.82) is 5.26 Å². The van der Waals surface area contributed by atoms with E-state index in [9.17, 15) is 10.1 Å².